The molecular weight excluding hydrogens is 194 g/mol. The number of hydrogen-bond acceptors (Lipinski definition) is 4. The number of carbonyl (C=O) groups is 1. The standard InChI is InChI=1S/C11H19NO3/c1-5-9-7-11(8(3)4,15-12-9)10(13)14-6-2/h8H,5-7H2,1-4H3. The van der Waals surface area contributed by atoms with E-state index in [0.717, 1.165) is 12.1 Å². The average molecular weight is 213 g/mol. The van der Waals surface area contributed by atoms with E-state index < -0.39 is 5.60 Å². The number of carbonyl (C=O) groups excluding carboxylic acids is 1. The third kappa shape index (κ3) is 2.13. The predicted molar refractivity (Wildman–Crippen MR) is 57.6 cm³/mol. The van der Waals surface area contributed by atoms with E-state index in [1.807, 2.05) is 20.8 Å². The first-order valence-electron chi connectivity index (χ1n) is 5.48. The minimum absolute atomic E-state index is 0.0596. The van der Waals surface area contributed by atoms with Crippen molar-refractivity contribution >= 4 is 11.7 Å². The van der Waals surface area contributed by atoms with Gasteiger partial charge in [-0.3, -0.25) is 0 Å². The Morgan fingerprint density at radius 3 is 2.67 bits per heavy atom. The Bertz CT molecular complexity index is 273. The molecule has 0 aromatic rings. The highest BCUT2D eigenvalue weighted by atomic mass is 16.7. The van der Waals surface area contributed by atoms with Crippen molar-refractivity contribution in [3.63, 3.8) is 0 Å². The van der Waals surface area contributed by atoms with Gasteiger partial charge in [0.1, 0.15) is 0 Å². The minimum Gasteiger partial charge on any atom is -0.463 e. The molecule has 1 rings (SSSR count). The average Bonchev–Trinajstić information content (AvgIpc) is 2.63. The molecule has 15 heavy (non-hydrogen) atoms. The van der Waals surface area contributed by atoms with Crippen LogP contribution in [0.25, 0.3) is 0 Å². The first-order valence-corrected chi connectivity index (χ1v) is 5.48. The number of nitrogens with zero attached hydrogens (tertiary/aromatic N) is 1. The Morgan fingerprint density at radius 2 is 2.27 bits per heavy atom. The van der Waals surface area contributed by atoms with Crippen molar-refractivity contribution in [1.82, 2.24) is 0 Å². The van der Waals surface area contributed by atoms with E-state index in [9.17, 15) is 4.79 Å². The first-order chi connectivity index (χ1) is 7.06. The molecule has 0 aromatic heterocycles. The highest BCUT2D eigenvalue weighted by Crippen LogP contribution is 2.33. The predicted octanol–water partition coefficient (Wildman–Crippen LogP) is 2.13. The fourth-order valence-corrected chi connectivity index (χ4v) is 1.61. The van der Waals surface area contributed by atoms with Gasteiger partial charge in [0, 0.05) is 12.3 Å². The Balaban J connectivity index is 2.80. The molecule has 0 aromatic carbocycles. The molecule has 1 unspecified atom stereocenters. The van der Waals surface area contributed by atoms with E-state index >= 15 is 0 Å². The summed E-state index contributed by atoms with van der Waals surface area (Å²) in [5.74, 6) is -0.239. The first kappa shape index (κ1) is 12.0. The molecule has 0 saturated heterocycles. The topological polar surface area (TPSA) is 47.9 Å². The zero-order valence-corrected chi connectivity index (χ0v) is 9.87. The van der Waals surface area contributed by atoms with Crippen LogP contribution in [0.1, 0.15) is 40.5 Å². The number of hydrogen-bond donors (Lipinski definition) is 0. The van der Waals surface area contributed by atoms with Gasteiger partial charge in [-0.2, -0.15) is 0 Å². The van der Waals surface area contributed by atoms with Gasteiger partial charge >= 0.3 is 5.97 Å². The highest BCUT2D eigenvalue weighted by Gasteiger charge is 2.50. The lowest BCUT2D eigenvalue weighted by Crippen LogP contribution is -2.45. The van der Waals surface area contributed by atoms with Gasteiger partial charge in [0.2, 0.25) is 5.60 Å². The second kappa shape index (κ2) is 4.64. The Kier molecular flexibility index (Phi) is 3.72. The normalized spacial score (nSPS) is 25.0. The molecule has 0 radical (unpaired) electrons. The molecule has 0 spiro atoms. The number of ether oxygens (including phenoxy) is 1. The SMILES string of the molecule is CCOC(=O)C1(C(C)C)CC(CC)=NO1. The summed E-state index contributed by atoms with van der Waals surface area (Å²) in [4.78, 5) is 17.2. The van der Waals surface area contributed by atoms with Crippen molar-refractivity contribution < 1.29 is 14.4 Å². The van der Waals surface area contributed by atoms with Crippen molar-refractivity contribution in [2.75, 3.05) is 6.61 Å². The molecule has 4 nitrogen and oxygen atoms in total. The van der Waals surface area contributed by atoms with Crippen LogP contribution in [-0.4, -0.2) is 23.9 Å². The molecule has 1 aliphatic heterocycles. The van der Waals surface area contributed by atoms with Crippen LogP contribution in [0.3, 0.4) is 0 Å². The molecule has 0 bridgehead atoms. The lowest BCUT2D eigenvalue weighted by atomic mass is 9.85. The third-order valence-electron chi connectivity index (χ3n) is 2.77. The van der Waals surface area contributed by atoms with Gasteiger partial charge in [-0.15, -0.1) is 0 Å². The van der Waals surface area contributed by atoms with Gasteiger partial charge in [0.05, 0.1) is 12.3 Å². The zero-order chi connectivity index (χ0) is 11.5. The Morgan fingerprint density at radius 1 is 1.60 bits per heavy atom. The highest BCUT2D eigenvalue weighted by molar-refractivity contribution is 5.93. The van der Waals surface area contributed by atoms with Crippen LogP contribution in [-0.2, 0) is 14.4 Å². The summed E-state index contributed by atoms with van der Waals surface area (Å²) in [6.07, 6.45) is 1.37. The third-order valence-corrected chi connectivity index (χ3v) is 2.77. The number of rotatable bonds is 4. The van der Waals surface area contributed by atoms with Crippen molar-refractivity contribution in [2.24, 2.45) is 11.1 Å². The summed E-state index contributed by atoms with van der Waals surface area (Å²) < 4.78 is 5.05. The monoisotopic (exact) mass is 213 g/mol. The molecule has 1 aliphatic rings. The maximum atomic E-state index is 11.8. The van der Waals surface area contributed by atoms with E-state index in [1.165, 1.54) is 0 Å². The zero-order valence-electron chi connectivity index (χ0n) is 9.87. The maximum absolute atomic E-state index is 11.8. The number of oxime groups is 1. The molecule has 0 fully saturated rings. The summed E-state index contributed by atoms with van der Waals surface area (Å²) in [7, 11) is 0. The van der Waals surface area contributed by atoms with Gasteiger partial charge < -0.3 is 9.57 Å². The Labute approximate surface area is 90.6 Å². The summed E-state index contributed by atoms with van der Waals surface area (Å²) in [6.45, 7) is 8.07. The van der Waals surface area contributed by atoms with E-state index in [1.54, 1.807) is 6.92 Å². The van der Waals surface area contributed by atoms with Crippen molar-refractivity contribution in [3.8, 4) is 0 Å². The van der Waals surface area contributed by atoms with Crippen LogP contribution in [0.15, 0.2) is 5.16 Å². The van der Waals surface area contributed by atoms with Crippen molar-refractivity contribution in [3.05, 3.63) is 0 Å². The van der Waals surface area contributed by atoms with Crippen LogP contribution in [0.4, 0.5) is 0 Å². The fourth-order valence-electron chi connectivity index (χ4n) is 1.61. The van der Waals surface area contributed by atoms with Crippen molar-refractivity contribution in [2.45, 2.75) is 46.1 Å². The van der Waals surface area contributed by atoms with Crippen molar-refractivity contribution in [1.29, 1.82) is 0 Å². The van der Waals surface area contributed by atoms with E-state index in [4.69, 9.17) is 9.57 Å². The van der Waals surface area contributed by atoms with E-state index in [0.29, 0.717) is 13.0 Å². The molecule has 0 amide bonds. The van der Waals surface area contributed by atoms with E-state index in [-0.39, 0.29) is 11.9 Å². The number of esters is 1. The molecule has 0 aliphatic carbocycles. The maximum Gasteiger partial charge on any atom is 0.354 e. The Hall–Kier alpha value is -1.06. The molecular formula is C11H19NO3. The molecule has 0 N–H and O–H groups in total. The quantitative estimate of drug-likeness (QED) is 0.672. The van der Waals surface area contributed by atoms with Crippen LogP contribution in [0.5, 0.6) is 0 Å². The minimum atomic E-state index is -0.888. The van der Waals surface area contributed by atoms with Gasteiger partial charge in [-0.25, -0.2) is 4.79 Å². The second-order valence-electron chi connectivity index (χ2n) is 4.04. The van der Waals surface area contributed by atoms with Crippen LogP contribution in [0.2, 0.25) is 0 Å². The van der Waals surface area contributed by atoms with Gasteiger partial charge in [-0.05, 0) is 13.3 Å². The molecule has 1 heterocycles. The van der Waals surface area contributed by atoms with Gasteiger partial charge in [-0.1, -0.05) is 25.9 Å². The fraction of sp³-hybridized carbons (Fsp3) is 0.818. The molecule has 0 saturated carbocycles. The summed E-state index contributed by atoms with van der Waals surface area (Å²) in [5.41, 5.74) is 0.0400. The van der Waals surface area contributed by atoms with E-state index in [2.05, 4.69) is 5.16 Å². The molecule has 4 heteroatoms. The van der Waals surface area contributed by atoms with Gasteiger partial charge in [0.15, 0.2) is 0 Å². The lowest BCUT2D eigenvalue weighted by molar-refractivity contribution is -0.174. The van der Waals surface area contributed by atoms with Crippen LogP contribution in [0, 0.1) is 5.92 Å². The summed E-state index contributed by atoms with van der Waals surface area (Å²) in [5, 5.41) is 3.95. The van der Waals surface area contributed by atoms with Crippen LogP contribution >= 0.6 is 0 Å². The van der Waals surface area contributed by atoms with Gasteiger partial charge in [0.25, 0.3) is 0 Å². The second-order valence-corrected chi connectivity index (χ2v) is 4.04. The largest absolute Gasteiger partial charge is 0.463 e. The molecule has 86 valence electrons. The summed E-state index contributed by atoms with van der Waals surface area (Å²) in [6, 6.07) is 0. The van der Waals surface area contributed by atoms with Crippen LogP contribution < -0.4 is 0 Å². The smallest absolute Gasteiger partial charge is 0.354 e. The molecule has 1 atom stereocenters. The lowest BCUT2D eigenvalue weighted by Gasteiger charge is -2.27. The summed E-state index contributed by atoms with van der Waals surface area (Å²) >= 11 is 0.